The van der Waals surface area contributed by atoms with Crippen molar-refractivity contribution in [3.05, 3.63) is 35.4 Å². The summed E-state index contributed by atoms with van der Waals surface area (Å²) in [7, 11) is 0. The number of alkyl halides is 3. The van der Waals surface area contributed by atoms with E-state index in [-0.39, 0.29) is 18.7 Å². The first-order valence-corrected chi connectivity index (χ1v) is 6.26. The van der Waals surface area contributed by atoms with Crippen LogP contribution < -0.4 is 5.32 Å². The van der Waals surface area contributed by atoms with Crippen molar-refractivity contribution in [2.75, 3.05) is 19.7 Å². The highest BCUT2D eigenvalue weighted by molar-refractivity contribution is 5.75. The number of aliphatic hydroxyl groups excluding tert-OH is 1. The third kappa shape index (κ3) is 2.87. The van der Waals surface area contributed by atoms with Gasteiger partial charge in [-0.05, 0) is 18.1 Å². The molecule has 1 aliphatic heterocycles. The summed E-state index contributed by atoms with van der Waals surface area (Å²) < 4.78 is 39.1. The average molecular weight is 288 g/mol. The van der Waals surface area contributed by atoms with E-state index in [0.29, 0.717) is 13.0 Å². The van der Waals surface area contributed by atoms with Gasteiger partial charge in [-0.15, -0.1) is 0 Å². The van der Waals surface area contributed by atoms with Gasteiger partial charge in [0.05, 0.1) is 18.2 Å². The zero-order chi connectivity index (χ0) is 14.8. The van der Waals surface area contributed by atoms with Crippen LogP contribution in [0.15, 0.2) is 24.3 Å². The number of benzene rings is 1. The summed E-state index contributed by atoms with van der Waals surface area (Å²) >= 11 is 0. The number of halogens is 3. The number of nitrogens with one attached hydrogen (secondary N) is 1. The summed E-state index contributed by atoms with van der Waals surface area (Å²) in [6.07, 6.45) is -4.09. The van der Waals surface area contributed by atoms with Gasteiger partial charge in [-0.2, -0.15) is 13.2 Å². The molecule has 1 saturated heterocycles. The van der Waals surface area contributed by atoms with Crippen LogP contribution in [-0.4, -0.2) is 35.7 Å². The standard InChI is InChI=1S/C13H15F3N2O2/c14-13(15,16)10-4-2-1-3-9(10)11-5-6-17-12(20)18(11)7-8-19/h1-4,11,19H,5-8H2,(H,17,20). The molecule has 1 heterocycles. The zero-order valence-electron chi connectivity index (χ0n) is 10.7. The number of carbonyl (C=O) groups excluding carboxylic acids is 1. The van der Waals surface area contributed by atoms with Gasteiger partial charge >= 0.3 is 12.2 Å². The molecule has 7 heteroatoms. The highest BCUT2D eigenvalue weighted by atomic mass is 19.4. The van der Waals surface area contributed by atoms with Gasteiger partial charge in [-0.25, -0.2) is 4.79 Å². The van der Waals surface area contributed by atoms with E-state index >= 15 is 0 Å². The van der Waals surface area contributed by atoms with E-state index in [1.54, 1.807) is 0 Å². The lowest BCUT2D eigenvalue weighted by Crippen LogP contribution is -2.49. The number of rotatable bonds is 3. The third-order valence-corrected chi connectivity index (χ3v) is 3.30. The van der Waals surface area contributed by atoms with Crippen LogP contribution in [0.2, 0.25) is 0 Å². The minimum atomic E-state index is -4.46. The Hall–Kier alpha value is -1.76. The molecule has 110 valence electrons. The van der Waals surface area contributed by atoms with Crippen LogP contribution in [0.1, 0.15) is 23.6 Å². The van der Waals surface area contributed by atoms with Gasteiger partial charge in [-0.1, -0.05) is 18.2 Å². The van der Waals surface area contributed by atoms with E-state index in [1.165, 1.54) is 23.1 Å². The number of aliphatic hydroxyl groups is 1. The Morgan fingerprint density at radius 3 is 2.70 bits per heavy atom. The zero-order valence-corrected chi connectivity index (χ0v) is 10.7. The highest BCUT2D eigenvalue weighted by Crippen LogP contribution is 2.38. The van der Waals surface area contributed by atoms with E-state index in [4.69, 9.17) is 5.11 Å². The molecule has 1 aromatic rings. The Balaban J connectivity index is 2.41. The summed E-state index contributed by atoms with van der Waals surface area (Å²) in [4.78, 5) is 13.0. The van der Waals surface area contributed by atoms with Crippen LogP contribution in [0.4, 0.5) is 18.0 Å². The fourth-order valence-electron chi connectivity index (χ4n) is 2.45. The van der Waals surface area contributed by atoms with Crippen molar-refractivity contribution in [3.63, 3.8) is 0 Å². The van der Waals surface area contributed by atoms with E-state index in [2.05, 4.69) is 5.32 Å². The van der Waals surface area contributed by atoms with Crippen LogP contribution >= 0.6 is 0 Å². The van der Waals surface area contributed by atoms with Crippen LogP contribution in [-0.2, 0) is 6.18 Å². The molecular formula is C13H15F3N2O2. The summed E-state index contributed by atoms with van der Waals surface area (Å²) in [6, 6.07) is 4.12. The molecule has 0 radical (unpaired) electrons. The number of carbonyl (C=O) groups is 1. The van der Waals surface area contributed by atoms with Crippen molar-refractivity contribution in [1.29, 1.82) is 0 Å². The minimum Gasteiger partial charge on any atom is -0.395 e. The molecule has 1 aromatic carbocycles. The van der Waals surface area contributed by atoms with Gasteiger partial charge in [0.1, 0.15) is 0 Å². The molecular weight excluding hydrogens is 273 g/mol. The molecule has 2 N–H and O–H groups in total. The maximum Gasteiger partial charge on any atom is 0.416 e. The van der Waals surface area contributed by atoms with Crippen LogP contribution in [0, 0.1) is 0 Å². The van der Waals surface area contributed by atoms with Crippen molar-refractivity contribution in [1.82, 2.24) is 10.2 Å². The second-order valence-electron chi connectivity index (χ2n) is 4.54. The lowest BCUT2D eigenvalue weighted by atomic mass is 9.95. The summed E-state index contributed by atoms with van der Waals surface area (Å²) in [5, 5.41) is 11.6. The van der Waals surface area contributed by atoms with Crippen LogP contribution in [0.5, 0.6) is 0 Å². The molecule has 0 aromatic heterocycles. The average Bonchev–Trinajstić information content (AvgIpc) is 2.40. The number of urea groups is 1. The quantitative estimate of drug-likeness (QED) is 0.895. The van der Waals surface area contributed by atoms with Crippen molar-refractivity contribution in [3.8, 4) is 0 Å². The Morgan fingerprint density at radius 1 is 1.35 bits per heavy atom. The molecule has 0 aliphatic carbocycles. The molecule has 2 amide bonds. The summed E-state index contributed by atoms with van der Waals surface area (Å²) in [6.45, 7) is 0.0262. The van der Waals surface area contributed by atoms with Crippen molar-refractivity contribution >= 4 is 6.03 Å². The van der Waals surface area contributed by atoms with E-state index in [0.717, 1.165) is 6.07 Å². The van der Waals surface area contributed by atoms with Gasteiger partial charge in [0.15, 0.2) is 0 Å². The summed E-state index contributed by atoms with van der Waals surface area (Å²) in [5.74, 6) is 0. The molecule has 4 nitrogen and oxygen atoms in total. The SMILES string of the molecule is O=C1NCCC(c2ccccc2C(F)(F)F)N1CCO. The third-order valence-electron chi connectivity index (χ3n) is 3.30. The highest BCUT2D eigenvalue weighted by Gasteiger charge is 2.38. The first-order chi connectivity index (χ1) is 9.45. The predicted molar refractivity (Wildman–Crippen MR) is 66.0 cm³/mol. The smallest absolute Gasteiger partial charge is 0.395 e. The van der Waals surface area contributed by atoms with Crippen molar-refractivity contribution < 1.29 is 23.1 Å². The van der Waals surface area contributed by atoms with Crippen molar-refractivity contribution in [2.24, 2.45) is 0 Å². The maximum atomic E-state index is 13.0. The molecule has 2 rings (SSSR count). The molecule has 1 atom stereocenters. The molecule has 0 saturated carbocycles. The monoisotopic (exact) mass is 288 g/mol. The number of nitrogens with zero attached hydrogens (tertiary/aromatic N) is 1. The fraction of sp³-hybridized carbons (Fsp3) is 0.462. The van der Waals surface area contributed by atoms with E-state index in [1.807, 2.05) is 0 Å². The predicted octanol–water partition coefficient (Wildman–Crippen LogP) is 2.15. The van der Waals surface area contributed by atoms with Gasteiger partial charge in [-0.3, -0.25) is 0 Å². The fourth-order valence-corrected chi connectivity index (χ4v) is 2.45. The molecule has 1 unspecified atom stereocenters. The van der Waals surface area contributed by atoms with Gasteiger partial charge < -0.3 is 15.3 Å². The normalized spacial score (nSPS) is 19.9. The second-order valence-corrected chi connectivity index (χ2v) is 4.54. The molecule has 1 fully saturated rings. The van der Waals surface area contributed by atoms with Crippen molar-refractivity contribution in [2.45, 2.75) is 18.6 Å². The Kier molecular flexibility index (Phi) is 4.17. The van der Waals surface area contributed by atoms with E-state index < -0.39 is 23.8 Å². The maximum absolute atomic E-state index is 13.0. The number of amides is 2. The van der Waals surface area contributed by atoms with Gasteiger partial charge in [0, 0.05) is 13.1 Å². The Bertz CT molecular complexity index is 491. The number of hydrogen-bond acceptors (Lipinski definition) is 2. The van der Waals surface area contributed by atoms with E-state index in [9.17, 15) is 18.0 Å². The minimum absolute atomic E-state index is 0.00267. The molecule has 1 aliphatic rings. The molecule has 0 spiro atoms. The van der Waals surface area contributed by atoms with Gasteiger partial charge in [0.2, 0.25) is 0 Å². The van der Waals surface area contributed by atoms with Crippen LogP contribution in [0.25, 0.3) is 0 Å². The Morgan fingerprint density at radius 2 is 2.05 bits per heavy atom. The van der Waals surface area contributed by atoms with Gasteiger partial charge in [0.25, 0.3) is 0 Å². The lowest BCUT2D eigenvalue weighted by Gasteiger charge is -2.37. The first kappa shape index (κ1) is 14.6. The molecule has 20 heavy (non-hydrogen) atoms. The summed E-state index contributed by atoms with van der Waals surface area (Å²) in [5.41, 5.74) is -0.661. The second kappa shape index (κ2) is 5.70. The topological polar surface area (TPSA) is 52.6 Å². The number of β-amino-alcohol motifs (C(OH)–C–C–N with tert-alkyl or cyclic N) is 1. The Labute approximate surface area is 114 Å². The largest absolute Gasteiger partial charge is 0.416 e. The van der Waals surface area contributed by atoms with Crippen LogP contribution in [0.3, 0.4) is 0 Å². The molecule has 0 bridgehead atoms. The first-order valence-electron chi connectivity index (χ1n) is 6.26. The number of hydrogen-bond donors (Lipinski definition) is 2. The lowest BCUT2D eigenvalue weighted by molar-refractivity contribution is -0.138.